The van der Waals surface area contributed by atoms with Crippen LogP contribution in [0.5, 0.6) is 0 Å². The van der Waals surface area contributed by atoms with E-state index in [-0.39, 0.29) is 5.92 Å². The number of hydrogen-bond donors (Lipinski definition) is 0. The van der Waals surface area contributed by atoms with Crippen LogP contribution in [0.4, 0.5) is 0 Å². The predicted octanol–water partition coefficient (Wildman–Crippen LogP) is 1.36. The first kappa shape index (κ1) is 14.2. The minimum absolute atomic E-state index is 0.126. The average molecular weight is 277 g/mol. The van der Waals surface area contributed by atoms with Gasteiger partial charge in [0.2, 0.25) is 0 Å². The van der Waals surface area contributed by atoms with Gasteiger partial charge in [-0.15, -0.1) is 5.10 Å². The Kier molecular flexibility index (Phi) is 4.16. The molecule has 0 radical (unpaired) electrons. The largest absolute Gasteiger partial charge is 0.461 e. The number of rotatable bonds is 5. The Labute approximate surface area is 117 Å². The highest BCUT2D eigenvalue weighted by molar-refractivity contribution is 5.88. The van der Waals surface area contributed by atoms with Gasteiger partial charge in [0.05, 0.1) is 25.0 Å². The second-order valence-electron chi connectivity index (χ2n) is 4.88. The zero-order valence-electron chi connectivity index (χ0n) is 12.2. The standard InChI is InChI=1S/C13H19N5O2/c1-5-20-13(19)11-12(9(2)3)18(16-15-11)8-10-6-14-17(4)7-10/h6-7,9H,5,8H2,1-4H3. The van der Waals surface area contributed by atoms with Crippen LogP contribution < -0.4 is 0 Å². The highest BCUT2D eigenvalue weighted by Crippen LogP contribution is 2.19. The molecule has 2 aromatic heterocycles. The van der Waals surface area contributed by atoms with Crippen molar-refractivity contribution in [3.63, 3.8) is 0 Å². The van der Waals surface area contributed by atoms with E-state index < -0.39 is 5.97 Å². The molecule has 0 aliphatic rings. The molecular weight excluding hydrogens is 258 g/mol. The fourth-order valence-corrected chi connectivity index (χ4v) is 2.08. The average Bonchev–Trinajstić information content (AvgIpc) is 2.96. The van der Waals surface area contributed by atoms with Gasteiger partial charge in [-0.3, -0.25) is 4.68 Å². The van der Waals surface area contributed by atoms with Gasteiger partial charge in [-0.25, -0.2) is 9.48 Å². The molecule has 0 atom stereocenters. The molecule has 0 saturated heterocycles. The maximum absolute atomic E-state index is 11.9. The molecule has 0 bridgehead atoms. The van der Waals surface area contributed by atoms with Gasteiger partial charge in [-0.1, -0.05) is 19.1 Å². The normalized spacial score (nSPS) is 11.1. The van der Waals surface area contributed by atoms with Crippen molar-refractivity contribution in [3.8, 4) is 0 Å². The second-order valence-corrected chi connectivity index (χ2v) is 4.88. The summed E-state index contributed by atoms with van der Waals surface area (Å²) < 4.78 is 8.48. The molecule has 7 heteroatoms. The number of ether oxygens (including phenoxy) is 1. The Hall–Kier alpha value is -2.18. The highest BCUT2D eigenvalue weighted by atomic mass is 16.5. The van der Waals surface area contributed by atoms with Crippen LogP contribution in [0, 0.1) is 0 Å². The Morgan fingerprint density at radius 1 is 1.45 bits per heavy atom. The van der Waals surface area contributed by atoms with Gasteiger partial charge in [-0.05, 0) is 12.8 Å². The van der Waals surface area contributed by atoms with Crippen molar-refractivity contribution in [1.82, 2.24) is 24.8 Å². The molecule has 0 aliphatic heterocycles. The molecule has 7 nitrogen and oxygen atoms in total. The molecular formula is C13H19N5O2. The summed E-state index contributed by atoms with van der Waals surface area (Å²) >= 11 is 0. The third-order valence-electron chi connectivity index (χ3n) is 2.88. The van der Waals surface area contributed by atoms with Crippen LogP contribution in [-0.2, 0) is 18.3 Å². The van der Waals surface area contributed by atoms with Crippen LogP contribution in [0.15, 0.2) is 12.4 Å². The van der Waals surface area contributed by atoms with E-state index in [0.29, 0.717) is 18.8 Å². The summed E-state index contributed by atoms with van der Waals surface area (Å²) in [7, 11) is 1.86. The first-order valence-corrected chi connectivity index (χ1v) is 6.61. The van der Waals surface area contributed by atoms with E-state index in [4.69, 9.17) is 4.74 Å². The van der Waals surface area contributed by atoms with Gasteiger partial charge in [-0.2, -0.15) is 5.10 Å². The van der Waals surface area contributed by atoms with E-state index in [2.05, 4.69) is 15.4 Å². The van der Waals surface area contributed by atoms with E-state index in [0.717, 1.165) is 11.3 Å². The predicted molar refractivity (Wildman–Crippen MR) is 72.4 cm³/mol. The van der Waals surface area contributed by atoms with Crippen molar-refractivity contribution < 1.29 is 9.53 Å². The van der Waals surface area contributed by atoms with E-state index >= 15 is 0 Å². The minimum atomic E-state index is -0.423. The lowest BCUT2D eigenvalue weighted by Gasteiger charge is -2.09. The molecule has 2 heterocycles. The van der Waals surface area contributed by atoms with E-state index in [1.807, 2.05) is 27.1 Å². The first-order valence-electron chi connectivity index (χ1n) is 6.61. The zero-order chi connectivity index (χ0) is 14.7. The Bertz CT molecular complexity index is 600. The molecule has 0 amide bonds. The minimum Gasteiger partial charge on any atom is -0.461 e. The zero-order valence-corrected chi connectivity index (χ0v) is 12.2. The molecule has 2 rings (SSSR count). The molecule has 2 aromatic rings. The summed E-state index contributed by atoms with van der Waals surface area (Å²) in [6.45, 7) is 6.63. The van der Waals surface area contributed by atoms with Crippen LogP contribution in [0.1, 0.15) is 48.4 Å². The number of esters is 1. The Morgan fingerprint density at radius 3 is 2.75 bits per heavy atom. The van der Waals surface area contributed by atoms with Gasteiger partial charge in [0, 0.05) is 18.8 Å². The van der Waals surface area contributed by atoms with Crippen LogP contribution >= 0.6 is 0 Å². The molecule has 0 unspecified atom stereocenters. The highest BCUT2D eigenvalue weighted by Gasteiger charge is 2.23. The number of nitrogens with zero attached hydrogens (tertiary/aromatic N) is 5. The number of aryl methyl sites for hydroxylation is 1. The maximum Gasteiger partial charge on any atom is 0.360 e. The number of aromatic nitrogens is 5. The lowest BCUT2D eigenvalue weighted by Crippen LogP contribution is -2.12. The number of carbonyl (C=O) groups excluding carboxylic acids is 1. The van der Waals surface area contributed by atoms with Crippen molar-refractivity contribution in [2.45, 2.75) is 33.2 Å². The Morgan fingerprint density at radius 2 is 2.20 bits per heavy atom. The smallest absolute Gasteiger partial charge is 0.360 e. The quantitative estimate of drug-likeness (QED) is 0.771. The molecule has 0 aromatic carbocycles. The molecule has 0 aliphatic carbocycles. The van der Waals surface area contributed by atoms with Crippen molar-refractivity contribution in [3.05, 3.63) is 29.3 Å². The maximum atomic E-state index is 11.9. The number of carbonyl (C=O) groups is 1. The fraction of sp³-hybridized carbons (Fsp3) is 0.538. The fourth-order valence-electron chi connectivity index (χ4n) is 2.08. The molecule has 0 N–H and O–H groups in total. The van der Waals surface area contributed by atoms with Crippen molar-refractivity contribution in [1.29, 1.82) is 0 Å². The van der Waals surface area contributed by atoms with E-state index in [1.54, 1.807) is 22.5 Å². The summed E-state index contributed by atoms with van der Waals surface area (Å²) in [4.78, 5) is 11.9. The van der Waals surface area contributed by atoms with E-state index in [1.165, 1.54) is 0 Å². The SMILES string of the molecule is CCOC(=O)c1nnn(Cc2cnn(C)c2)c1C(C)C. The first-order chi connectivity index (χ1) is 9.52. The second kappa shape index (κ2) is 5.85. The molecule has 0 fully saturated rings. The lowest BCUT2D eigenvalue weighted by atomic mass is 10.1. The summed E-state index contributed by atoms with van der Waals surface area (Å²) in [5.41, 5.74) is 2.09. The van der Waals surface area contributed by atoms with Gasteiger partial charge in [0.1, 0.15) is 0 Å². The number of hydrogen-bond acceptors (Lipinski definition) is 5. The molecule has 20 heavy (non-hydrogen) atoms. The monoisotopic (exact) mass is 277 g/mol. The van der Waals surface area contributed by atoms with Crippen molar-refractivity contribution >= 4 is 5.97 Å². The third kappa shape index (κ3) is 2.87. The molecule has 0 spiro atoms. The van der Waals surface area contributed by atoms with E-state index in [9.17, 15) is 4.79 Å². The summed E-state index contributed by atoms with van der Waals surface area (Å²) in [6.07, 6.45) is 3.69. The van der Waals surface area contributed by atoms with Crippen LogP contribution in [0.2, 0.25) is 0 Å². The topological polar surface area (TPSA) is 74.8 Å². The lowest BCUT2D eigenvalue weighted by molar-refractivity contribution is 0.0517. The van der Waals surface area contributed by atoms with Gasteiger partial charge in [0.25, 0.3) is 0 Å². The van der Waals surface area contributed by atoms with Gasteiger partial charge in [0.15, 0.2) is 5.69 Å². The third-order valence-corrected chi connectivity index (χ3v) is 2.88. The van der Waals surface area contributed by atoms with Crippen molar-refractivity contribution in [2.75, 3.05) is 6.61 Å². The summed E-state index contributed by atoms with van der Waals surface area (Å²) in [5, 5.41) is 12.2. The molecule has 0 saturated carbocycles. The van der Waals surface area contributed by atoms with Crippen LogP contribution in [0.25, 0.3) is 0 Å². The molecule has 108 valence electrons. The van der Waals surface area contributed by atoms with Gasteiger partial charge >= 0.3 is 5.97 Å². The van der Waals surface area contributed by atoms with Crippen LogP contribution in [-0.4, -0.2) is 37.4 Å². The summed E-state index contributed by atoms with van der Waals surface area (Å²) in [6, 6.07) is 0. The summed E-state index contributed by atoms with van der Waals surface area (Å²) in [5.74, 6) is -0.297. The van der Waals surface area contributed by atoms with Crippen molar-refractivity contribution in [2.24, 2.45) is 7.05 Å². The van der Waals surface area contributed by atoms with Gasteiger partial charge < -0.3 is 4.74 Å². The Balaban J connectivity index is 2.31. The van der Waals surface area contributed by atoms with Crippen LogP contribution in [0.3, 0.4) is 0 Å².